The first-order valence-corrected chi connectivity index (χ1v) is 10.0. The smallest absolute Gasteiger partial charge is 0.348 e. The van der Waals surface area contributed by atoms with Crippen LogP contribution in [0.25, 0.3) is 0 Å². The first kappa shape index (κ1) is 22.1. The van der Waals surface area contributed by atoms with Gasteiger partial charge in [-0.05, 0) is 18.1 Å². The Bertz CT molecular complexity index is 991. The highest BCUT2D eigenvalue weighted by Crippen LogP contribution is 2.32. The van der Waals surface area contributed by atoms with E-state index >= 15 is 0 Å². The van der Waals surface area contributed by atoms with Gasteiger partial charge in [-0.1, -0.05) is 31.5 Å². The van der Waals surface area contributed by atoms with Crippen LogP contribution in [0.5, 0.6) is 0 Å². The van der Waals surface area contributed by atoms with Crippen LogP contribution in [-0.2, 0) is 26.3 Å². The molecule has 1 aliphatic rings. The molecule has 0 amide bonds. The zero-order valence-corrected chi connectivity index (χ0v) is 17.2. The largest absolute Gasteiger partial charge is 0.416 e. The number of anilines is 1. The maximum atomic E-state index is 13.2. The molecule has 164 valence electrons. The van der Waals surface area contributed by atoms with E-state index in [1.54, 1.807) is 11.0 Å². The number of rotatable bonds is 6. The quantitative estimate of drug-likeness (QED) is 0.709. The van der Waals surface area contributed by atoms with Gasteiger partial charge in [0.15, 0.2) is 0 Å². The first-order valence-electron chi connectivity index (χ1n) is 10.0. The Kier molecular flexibility index (Phi) is 6.64. The van der Waals surface area contributed by atoms with E-state index in [1.165, 1.54) is 23.9 Å². The van der Waals surface area contributed by atoms with E-state index in [-0.39, 0.29) is 17.9 Å². The second-order valence-electron chi connectivity index (χ2n) is 7.47. The van der Waals surface area contributed by atoms with Crippen LogP contribution < -0.4 is 16.1 Å². The molecule has 2 heterocycles. The molecular formula is C20H26F3N5O2. The lowest BCUT2D eigenvalue weighted by molar-refractivity contribution is -0.138. The number of benzene rings is 1. The number of unbranched alkanes of at least 4 members (excludes halogenated alkanes) is 1. The molecule has 0 unspecified atom stereocenters. The van der Waals surface area contributed by atoms with Gasteiger partial charge in [0.1, 0.15) is 0 Å². The van der Waals surface area contributed by atoms with Gasteiger partial charge in [-0.3, -0.25) is 14.3 Å². The standard InChI is InChI=1S/C20H26F3N5O2/c1-3-4-9-28-19(30)25(2)18(29)17(24-28)27-12-10-26(11-13-27)14-15-7-5-6-8-16(15)20(21,22)23/h5-8H,3-4,9-14H2,1-2H3. The molecule has 0 aliphatic carbocycles. The molecule has 1 aromatic carbocycles. The third-order valence-electron chi connectivity index (χ3n) is 5.33. The Morgan fingerprint density at radius 3 is 2.37 bits per heavy atom. The van der Waals surface area contributed by atoms with Gasteiger partial charge in [0, 0.05) is 46.3 Å². The summed E-state index contributed by atoms with van der Waals surface area (Å²) in [6, 6.07) is 5.59. The van der Waals surface area contributed by atoms with E-state index in [0.717, 1.165) is 23.5 Å². The number of alkyl halides is 3. The molecule has 0 spiro atoms. The molecule has 10 heteroatoms. The van der Waals surface area contributed by atoms with Gasteiger partial charge < -0.3 is 4.90 Å². The fourth-order valence-corrected chi connectivity index (χ4v) is 3.56. The van der Waals surface area contributed by atoms with Crippen molar-refractivity contribution in [2.75, 3.05) is 31.1 Å². The zero-order valence-electron chi connectivity index (χ0n) is 17.2. The molecule has 0 radical (unpaired) electrons. The highest BCUT2D eigenvalue weighted by atomic mass is 19.4. The fraction of sp³-hybridized carbons (Fsp3) is 0.550. The summed E-state index contributed by atoms with van der Waals surface area (Å²) in [6.07, 6.45) is -2.72. The van der Waals surface area contributed by atoms with Gasteiger partial charge in [-0.2, -0.15) is 13.2 Å². The SMILES string of the molecule is CCCCn1nc(N2CCN(Cc3ccccc3C(F)(F)F)CC2)c(=O)n(C)c1=O. The average molecular weight is 425 g/mol. The molecule has 1 saturated heterocycles. The van der Waals surface area contributed by atoms with Crippen molar-refractivity contribution < 1.29 is 13.2 Å². The van der Waals surface area contributed by atoms with Gasteiger partial charge >= 0.3 is 11.9 Å². The third kappa shape index (κ3) is 4.75. The number of piperazine rings is 1. The number of hydrogen-bond donors (Lipinski definition) is 0. The minimum atomic E-state index is -4.39. The molecule has 1 aliphatic heterocycles. The number of aryl methyl sites for hydroxylation is 1. The minimum absolute atomic E-state index is 0.185. The monoisotopic (exact) mass is 425 g/mol. The molecule has 0 atom stereocenters. The summed E-state index contributed by atoms with van der Waals surface area (Å²) in [4.78, 5) is 28.5. The summed E-state index contributed by atoms with van der Waals surface area (Å²) in [5.74, 6) is 0.212. The van der Waals surface area contributed by atoms with Crippen LogP contribution in [0.2, 0.25) is 0 Å². The first-order chi connectivity index (χ1) is 14.2. The molecule has 3 rings (SSSR count). The van der Waals surface area contributed by atoms with Crippen LogP contribution in [-0.4, -0.2) is 45.4 Å². The van der Waals surface area contributed by atoms with Gasteiger partial charge in [0.25, 0.3) is 5.56 Å². The third-order valence-corrected chi connectivity index (χ3v) is 5.33. The summed E-state index contributed by atoms with van der Waals surface area (Å²) >= 11 is 0. The van der Waals surface area contributed by atoms with Gasteiger partial charge in [0.2, 0.25) is 5.82 Å². The summed E-state index contributed by atoms with van der Waals surface area (Å²) in [6.45, 7) is 4.50. The van der Waals surface area contributed by atoms with E-state index in [4.69, 9.17) is 0 Å². The van der Waals surface area contributed by atoms with Crippen LogP contribution >= 0.6 is 0 Å². The molecule has 7 nitrogen and oxygen atoms in total. The van der Waals surface area contributed by atoms with Crippen LogP contribution in [0.3, 0.4) is 0 Å². The molecule has 2 aromatic rings. The Hall–Kier alpha value is -2.62. The normalized spacial score (nSPS) is 15.6. The van der Waals surface area contributed by atoms with Crippen molar-refractivity contribution in [2.24, 2.45) is 7.05 Å². The number of hydrogen-bond acceptors (Lipinski definition) is 5. The van der Waals surface area contributed by atoms with Gasteiger partial charge in [-0.15, -0.1) is 5.10 Å². The lowest BCUT2D eigenvalue weighted by atomic mass is 10.1. The summed E-state index contributed by atoms with van der Waals surface area (Å²) in [5, 5.41) is 4.28. The Labute approximate surface area is 172 Å². The van der Waals surface area contributed by atoms with Crippen molar-refractivity contribution in [1.82, 2.24) is 19.2 Å². The minimum Gasteiger partial charge on any atom is -0.348 e. The maximum absolute atomic E-state index is 13.2. The lowest BCUT2D eigenvalue weighted by Crippen LogP contribution is -2.50. The van der Waals surface area contributed by atoms with Gasteiger partial charge in [-0.25, -0.2) is 9.48 Å². The number of aromatic nitrogens is 3. The molecule has 30 heavy (non-hydrogen) atoms. The van der Waals surface area contributed by atoms with Crippen LogP contribution in [0.15, 0.2) is 33.9 Å². The summed E-state index contributed by atoms with van der Waals surface area (Å²) in [7, 11) is 1.43. The molecular weight excluding hydrogens is 399 g/mol. The van der Waals surface area contributed by atoms with Crippen LogP contribution in [0, 0.1) is 0 Å². The molecule has 0 saturated carbocycles. The van der Waals surface area contributed by atoms with Crippen LogP contribution in [0.1, 0.15) is 30.9 Å². The average Bonchev–Trinajstić information content (AvgIpc) is 2.72. The second-order valence-corrected chi connectivity index (χ2v) is 7.47. The Morgan fingerprint density at radius 2 is 1.73 bits per heavy atom. The van der Waals surface area contributed by atoms with E-state index in [2.05, 4.69) is 5.10 Å². The summed E-state index contributed by atoms with van der Waals surface area (Å²) < 4.78 is 42.1. The zero-order chi connectivity index (χ0) is 21.9. The van der Waals surface area contributed by atoms with Crippen molar-refractivity contribution in [3.8, 4) is 0 Å². The van der Waals surface area contributed by atoms with Crippen molar-refractivity contribution in [3.63, 3.8) is 0 Å². The predicted molar refractivity (Wildman–Crippen MR) is 108 cm³/mol. The highest BCUT2D eigenvalue weighted by Gasteiger charge is 2.33. The van der Waals surface area contributed by atoms with Crippen molar-refractivity contribution in [1.29, 1.82) is 0 Å². The van der Waals surface area contributed by atoms with E-state index in [9.17, 15) is 22.8 Å². The predicted octanol–water partition coefficient (Wildman–Crippen LogP) is 2.08. The topological polar surface area (TPSA) is 63.4 Å². The molecule has 0 N–H and O–H groups in total. The molecule has 0 bridgehead atoms. The van der Waals surface area contributed by atoms with E-state index < -0.39 is 23.0 Å². The number of halogens is 3. The fourth-order valence-electron chi connectivity index (χ4n) is 3.56. The van der Waals surface area contributed by atoms with E-state index in [1.807, 2.05) is 11.8 Å². The van der Waals surface area contributed by atoms with E-state index in [0.29, 0.717) is 32.7 Å². The second kappa shape index (κ2) is 9.03. The summed E-state index contributed by atoms with van der Waals surface area (Å²) in [5.41, 5.74) is -1.28. The Balaban J connectivity index is 1.73. The maximum Gasteiger partial charge on any atom is 0.416 e. The van der Waals surface area contributed by atoms with Crippen molar-refractivity contribution in [2.45, 2.75) is 39.0 Å². The van der Waals surface area contributed by atoms with Gasteiger partial charge in [0.05, 0.1) is 5.56 Å². The van der Waals surface area contributed by atoms with Crippen LogP contribution in [0.4, 0.5) is 19.0 Å². The van der Waals surface area contributed by atoms with Crippen molar-refractivity contribution >= 4 is 5.82 Å². The molecule has 1 aromatic heterocycles. The highest BCUT2D eigenvalue weighted by molar-refractivity contribution is 5.36. The lowest BCUT2D eigenvalue weighted by Gasteiger charge is -2.35. The molecule has 1 fully saturated rings. The number of nitrogens with zero attached hydrogens (tertiary/aromatic N) is 5. The Morgan fingerprint density at radius 1 is 1.07 bits per heavy atom. The van der Waals surface area contributed by atoms with Crippen molar-refractivity contribution in [3.05, 3.63) is 56.2 Å².